The van der Waals surface area contributed by atoms with Crippen LogP contribution in [0.2, 0.25) is 0 Å². The quantitative estimate of drug-likeness (QED) is 0.760. The van der Waals surface area contributed by atoms with Crippen molar-refractivity contribution in [3.63, 3.8) is 0 Å². The standard InChI is InChI=1S/C9H10O4.C7H10/c10-8(11)6-4-1-2-5(3-4)7(6)9(12)13;1-2-7-4-3-6(1)5-7/h1-2,4-7H,3H2,(H,10,11)(H,12,13);1-2,6-7H,3-5H2. The van der Waals surface area contributed by atoms with E-state index in [1.54, 1.807) is 0 Å². The molecule has 0 aliphatic heterocycles. The molecule has 4 aliphatic carbocycles. The lowest BCUT2D eigenvalue weighted by Crippen LogP contribution is -2.32. The molecular formula is C16H20O4. The number of hydrogen-bond donors (Lipinski definition) is 2. The van der Waals surface area contributed by atoms with Gasteiger partial charge >= 0.3 is 11.9 Å². The second-order valence-electron chi connectivity index (χ2n) is 6.39. The minimum atomic E-state index is -0.982. The maximum absolute atomic E-state index is 10.8. The molecule has 4 nitrogen and oxygen atoms in total. The fraction of sp³-hybridized carbons (Fsp3) is 0.625. The SMILES string of the molecule is C1=CC2CCC1C2.O=C(O)C1C2C=CC(C2)C1C(=O)O. The molecule has 0 heterocycles. The van der Waals surface area contributed by atoms with E-state index in [0.29, 0.717) is 6.42 Å². The van der Waals surface area contributed by atoms with Gasteiger partial charge in [0.15, 0.2) is 0 Å². The Balaban J connectivity index is 0.000000144. The van der Waals surface area contributed by atoms with Gasteiger partial charge in [-0.25, -0.2) is 0 Å². The normalized spacial score (nSPS) is 42.6. The number of carboxylic acid groups (broad SMARTS) is 2. The number of hydrogen-bond acceptors (Lipinski definition) is 2. The van der Waals surface area contributed by atoms with Crippen molar-refractivity contribution in [3.05, 3.63) is 24.3 Å². The van der Waals surface area contributed by atoms with Gasteiger partial charge in [0.1, 0.15) is 0 Å². The van der Waals surface area contributed by atoms with Crippen LogP contribution in [0.4, 0.5) is 0 Å². The molecule has 0 aromatic heterocycles. The topological polar surface area (TPSA) is 74.6 Å². The average Bonchev–Trinajstić information content (AvgIpc) is 3.18. The summed E-state index contributed by atoms with van der Waals surface area (Å²) in [6.07, 6.45) is 13.5. The maximum Gasteiger partial charge on any atom is 0.307 e. The molecule has 4 bridgehead atoms. The summed E-state index contributed by atoms with van der Waals surface area (Å²) in [5.41, 5.74) is 0. The molecule has 2 saturated carbocycles. The molecule has 4 heteroatoms. The molecule has 4 aliphatic rings. The van der Waals surface area contributed by atoms with Crippen LogP contribution in [0.5, 0.6) is 0 Å². The largest absolute Gasteiger partial charge is 0.481 e. The van der Waals surface area contributed by atoms with Gasteiger partial charge in [0, 0.05) is 0 Å². The summed E-state index contributed by atoms with van der Waals surface area (Å²) in [6.45, 7) is 0. The monoisotopic (exact) mass is 276 g/mol. The van der Waals surface area contributed by atoms with Gasteiger partial charge < -0.3 is 10.2 Å². The zero-order valence-electron chi connectivity index (χ0n) is 11.3. The zero-order chi connectivity index (χ0) is 14.3. The molecule has 0 amide bonds. The minimum Gasteiger partial charge on any atom is -0.481 e. The lowest BCUT2D eigenvalue weighted by molar-refractivity contribution is -0.154. The maximum atomic E-state index is 10.8. The highest BCUT2D eigenvalue weighted by Gasteiger charge is 2.51. The molecule has 108 valence electrons. The van der Waals surface area contributed by atoms with Crippen LogP contribution in [0, 0.1) is 35.5 Å². The zero-order valence-corrected chi connectivity index (χ0v) is 11.3. The highest BCUT2D eigenvalue weighted by molar-refractivity contribution is 5.82. The van der Waals surface area contributed by atoms with Crippen molar-refractivity contribution < 1.29 is 19.8 Å². The third-order valence-corrected chi connectivity index (χ3v) is 5.20. The Labute approximate surface area is 118 Å². The van der Waals surface area contributed by atoms with Crippen molar-refractivity contribution >= 4 is 11.9 Å². The Bertz CT molecular complexity index is 439. The summed E-state index contributed by atoms with van der Waals surface area (Å²) in [5, 5.41) is 17.7. The number of carbonyl (C=O) groups is 2. The molecule has 4 rings (SSSR count). The molecule has 0 saturated heterocycles. The van der Waals surface area contributed by atoms with E-state index in [-0.39, 0.29) is 11.8 Å². The Hall–Kier alpha value is -1.58. The van der Waals surface area contributed by atoms with Crippen LogP contribution in [0.1, 0.15) is 25.7 Å². The molecule has 0 aromatic rings. The summed E-state index contributed by atoms with van der Waals surface area (Å²) in [7, 11) is 0. The van der Waals surface area contributed by atoms with E-state index in [0.717, 1.165) is 11.8 Å². The number of rotatable bonds is 2. The van der Waals surface area contributed by atoms with E-state index >= 15 is 0 Å². The molecule has 6 unspecified atom stereocenters. The molecule has 20 heavy (non-hydrogen) atoms. The Morgan fingerprint density at radius 2 is 1.20 bits per heavy atom. The summed E-state index contributed by atoms with van der Waals surface area (Å²) in [6, 6.07) is 0. The molecule has 2 fully saturated rings. The smallest absolute Gasteiger partial charge is 0.307 e. The van der Waals surface area contributed by atoms with E-state index in [1.807, 2.05) is 12.2 Å². The Morgan fingerprint density at radius 3 is 1.45 bits per heavy atom. The van der Waals surface area contributed by atoms with Gasteiger partial charge in [-0.3, -0.25) is 9.59 Å². The first kappa shape index (κ1) is 13.4. The van der Waals surface area contributed by atoms with Gasteiger partial charge in [0.05, 0.1) is 11.8 Å². The Kier molecular flexibility index (Phi) is 3.40. The van der Waals surface area contributed by atoms with Gasteiger partial charge in [-0.2, -0.15) is 0 Å². The number of fused-ring (bicyclic) bond motifs is 4. The number of allylic oxidation sites excluding steroid dienone is 4. The number of carboxylic acids is 2. The fourth-order valence-electron chi connectivity index (χ4n) is 4.21. The lowest BCUT2D eigenvalue weighted by atomic mass is 9.83. The van der Waals surface area contributed by atoms with Crippen molar-refractivity contribution in [2.75, 3.05) is 0 Å². The molecule has 0 aromatic carbocycles. The predicted octanol–water partition coefficient (Wildman–Crippen LogP) is 2.57. The molecule has 2 N–H and O–H groups in total. The average molecular weight is 276 g/mol. The fourth-order valence-corrected chi connectivity index (χ4v) is 4.21. The molecule has 6 atom stereocenters. The summed E-state index contributed by atoms with van der Waals surface area (Å²) in [5.74, 6) is -1.55. The summed E-state index contributed by atoms with van der Waals surface area (Å²) < 4.78 is 0. The van der Waals surface area contributed by atoms with E-state index in [9.17, 15) is 9.59 Å². The van der Waals surface area contributed by atoms with Gasteiger partial charge in [-0.05, 0) is 49.4 Å². The van der Waals surface area contributed by atoms with Crippen LogP contribution in [0.15, 0.2) is 24.3 Å². The Morgan fingerprint density at radius 1 is 0.750 bits per heavy atom. The second kappa shape index (κ2) is 5.08. The van der Waals surface area contributed by atoms with Gasteiger partial charge in [0.25, 0.3) is 0 Å². The molecular weight excluding hydrogens is 256 g/mol. The van der Waals surface area contributed by atoms with E-state index in [1.165, 1.54) is 19.3 Å². The third kappa shape index (κ3) is 2.28. The highest BCUT2D eigenvalue weighted by Crippen LogP contribution is 2.48. The van der Waals surface area contributed by atoms with Crippen LogP contribution in [-0.4, -0.2) is 22.2 Å². The van der Waals surface area contributed by atoms with Crippen LogP contribution in [0.3, 0.4) is 0 Å². The van der Waals surface area contributed by atoms with Gasteiger partial charge in [-0.15, -0.1) is 0 Å². The lowest BCUT2D eigenvalue weighted by Gasteiger charge is -2.20. The van der Waals surface area contributed by atoms with Crippen LogP contribution < -0.4 is 0 Å². The van der Waals surface area contributed by atoms with Gasteiger partial charge in [-0.1, -0.05) is 24.3 Å². The van der Waals surface area contributed by atoms with Crippen LogP contribution in [0.25, 0.3) is 0 Å². The molecule has 0 spiro atoms. The van der Waals surface area contributed by atoms with Gasteiger partial charge in [0.2, 0.25) is 0 Å². The predicted molar refractivity (Wildman–Crippen MR) is 73.0 cm³/mol. The molecule has 0 radical (unpaired) electrons. The minimum absolute atomic E-state index is 0.0661. The number of aliphatic carboxylic acids is 2. The van der Waals surface area contributed by atoms with Crippen molar-refractivity contribution in [1.82, 2.24) is 0 Å². The van der Waals surface area contributed by atoms with Crippen molar-refractivity contribution in [3.8, 4) is 0 Å². The van der Waals surface area contributed by atoms with Crippen LogP contribution >= 0.6 is 0 Å². The third-order valence-electron chi connectivity index (χ3n) is 5.20. The summed E-state index contributed by atoms with van der Waals surface area (Å²) in [4.78, 5) is 21.6. The first-order chi connectivity index (χ1) is 9.56. The van der Waals surface area contributed by atoms with Crippen molar-refractivity contribution in [2.45, 2.75) is 25.7 Å². The van der Waals surface area contributed by atoms with Crippen molar-refractivity contribution in [2.24, 2.45) is 35.5 Å². The first-order valence-corrected chi connectivity index (χ1v) is 7.38. The van der Waals surface area contributed by atoms with Crippen LogP contribution in [-0.2, 0) is 9.59 Å². The summed E-state index contributed by atoms with van der Waals surface area (Å²) >= 11 is 0. The van der Waals surface area contributed by atoms with E-state index < -0.39 is 23.8 Å². The second-order valence-corrected chi connectivity index (χ2v) is 6.39. The van der Waals surface area contributed by atoms with Crippen molar-refractivity contribution in [1.29, 1.82) is 0 Å². The highest BCUT2D eigenvalue weighted by atomic mass is 16.4. The first-order valence-electron chi connectivity index (χ1n) is 7.38. The van der Waals surface area contributed by atoms with E-state index in [2.05, 4.69) is 12.2 Å². The van der Waals surface area contributed by atoms with E-state index in [4.69, 9.17) is 10.2 Å².